The monoisotopic (exact) mass is 307 g/mol. The van der Waals surface area contributed by atoms with Crippen LogP contribution in [0.1, 0.15) is 38.2 Å². The number of nitrogens with zero attached hydrogens (tertiary/aromatic N) is 1. The van der Waals surface area contributed by atoms with Crippen LogP contribution < -0.4 is 11.1 Å². The smallest absolute Gasteiger partial charge is 0.264 e. The third kappa shape index (κ3) is 2.99. The molecule has 1 aliphatic rings. The first-order valence-electron chi connectivity index (χ1n) is 6.89. The Hall–Kier alpha value is -1.72. The summed E-state index contributed by atoms with van der Waals surface area (Å²) in [5, 5.41) is 3.23. The number of nitrogens with two attached hydrogens (primary N) is 1. The second kappa shape index (κ2) is 5.95. The van der Waals surface area contributed by atoms with E-state index in [-0.39, 0.29) is 5.84 Å². The maximum absolute atomic E-state index is 12.3. The molecular formula is C15H18ClN3O2. The molecule has 1 unspecified atom stereocenters. The van der Waals surface area contributed by atoms with Crippen LogP contribution in [0.15, 0.2) is 29.3 Å². The summed E-state index contributed by atoms with van der Waals surface area (Å²) in [6.45, 7) is 3.79. The number of rotatable bonds is 4. The summed E-state index contributed by atoms with van der Waals surface area (Å²) < 4.78 is 0. The largest absolute Gasteiger partial charge is 0.319 e. The molecule has 0 bridgehead atoms. The van der Waals surface area contributed by atoms with E-state index < -0.39 is 23.3 Å². The first-order chi connectivity index (χ1) is 9.91. The number of hydrogen-bond donors (Lipinski definition) is 2. The van der Waals surface area contributed by atoms with Gasteiger partial charge in [0.2, 0.25) is 5.91 Å². The van der Waals surface area contributed by atoms with Crippen LogP contribution in [0.25, 0.3) is 0 Å². The Balaban J connectivity index is 2.35. The number of nitrogens with one attached hydrogen (secondary N) is 1. The summed E-state index contributed by atoms with van der Waals surface area (Å²) >= 11 is 5.81. The zero-order valence-electron chi connectivity index (χ0n) is 12.0. The Morgan fingerprint density at radius 3 is 2.29 bits per heavy atom. The molecule has 0 radical (unpaired) electrons. The highest BCUT2D eigenvalue weighted by atomic mass is 35.5. The van der Waals surface area contributed by atoms with Gasteiger partial charge in [0.25, 0.3) is 5.91 Å². The lowest BCUT2D eigenvalue weighted by atomic mass is 9.89. The van der Waals surface area contributed by atoms with Gasteiger partial charge in [0, 0.05) is 5.02 Å². The Kier molecular flexibility index (Phi) is 4.44. The van der Waals surface area contributed by atoms with E-state index in [1.54, 1.807) is 24.3 Å². The second-order valence-electron chi connectivity index (χ2n) is 5.14. The lowest BCUT2D eigenvalue weighted by molar-refractivity contribution is -0.130. The molecule has 112 valence electrons. The summed E-state index contributed by atoms with van der Waals surface area (Å²) in [5.74, 6) is -1.58. The van der Waals surface area contributed by atoms with Crippen molar-refractivity contribution < 1.29 is 9.59 Å². The molecule has 6 heteroatoms. The minimum Gasteiger partial charge on any atom is -0.319 e. The predicted molar refractivity (Wildman–Crippen MR) is 82.3 cm³/mol. The molecule has 0 fully saturated rings. The molecule has 0 saturated carbocycles. The fourth-order valence-corrected chi connectivity index (χ4v) is 2.40. The van der Waals surface area contributed by atoms with Gasteiger partial charge in [0.05, 0.1) is 5.54 Å². The summed E-state index contributed by atoms with van der Waals surface area (Å²) in [6, 6.07) is 6.59. The summed E-state index contributed by atoms with van der Waals surface area (Å²) in [5.41, 5.74) is 5.97. The second-order valence-corrected chi connectivity index (χ2v) is 5.57. The van der Waals surface area contributed by atoms with Crippen LogP contribution in [-0.4, -0.2) is 23.2 Å². The first kappa shape index (κ1) is 15.7. The van der Waals surface area contributed by atoms with Crippen molar-refractivity contribution >= 4 is 29.3 Å². The van der Waals surface area contributed by atoms with Gasteiger partial charge in [0.15, 0.2) is 0 Å². The number of aliphatic imine (C=N–C) groups is 1. The first-order valence-corrected chi connectivity index (χ1v) is 7.27. The molecule has 1 aliphatic heterocycles. The Morgan fingerprint density at radius 1 is 1.24 bits per heavy atom. The fourth-order valence-electron chi connectivity index (χ4n) is 2.27. The number of halogens is 1. The van der Waals surface area contributed by atoms with E-state index >= 15 is 0 Å². The highest BCUT2D eigenvalue weighted by Crippen LogP contribution is 2.24. The number of carbonyl (C=O) groups excluding carboxylic acids is 2. The highest BCUT2D eigenvalue weighted by molar-refractivity contribution is 6.30. The molecule has 0 aliphatic carbocycles. The molecule has 0 saturated heterocycles. The van der Waals surface area contributed by atoms with Crippen LogP contribution in [0.4, 0.5) is 0 Å². The molecule has 21 heavy (non-hydrogen) atoms. The van der Waals surface area contributed by atoms with Gasteiger partial charge in [-0.25, -0.2) is 0 Å². The number of amides is 2. The van der Waals surface area contributed by atoms with E-state index in [4.69, 9.17) is 17.3 Å². The SMILES string of the molecule is CCC(N)(CC)C1=NC(=O)C(c2ccc(Cl)cc2)C(=O)N1. The van der Waals surface area contributed by atoms with Crippen molar-refractivity contribution in [3.8, 4) is 0 Å². The van der Waals surface area contributed by atoms with E-state index in [1.807, 2.05) is 13.8 Å². The van der Waals surface area contributed by atoms with Gasteiger partial charge in [-0.3, -0.25) is 9.59 Å². The van der Waals surface area contributed by atoms with Gasteiger partial charge in [-0.15, -0.1) is 0 Å². The van der Waals surface area contributed by atoms with Gasteiger partial charge in [-0.1, -0.05) is 37.6 Å². The van der Waals surface area contributed by atoms with Crippen molar-refractivity contribution in [2.45, 2.75) is 38.1 Å². The third-order valence-electron chi connectivity index (χ3n) is 3.91. The van der Waals surface area contributed by atoms with Crippen molar-refractivity contribution in [3.05, 3.63) is 34.9 Å². The maximum Gasteiger partial charge on any atom is 0.264 e. The fraction of sp³-hybridized carbons (Fsp3) is 0.400. The van der Waals surface area contributed by atoms with Crippen LogP contribution >= 0.6 is 11.6 Å². The van der Waals surface area contributed by atoms with E-state index in [2.05, 4.69) is 10.3 Å². The van der Waals surface area contributed by atoms with Crippen LogP contribution in [-0.2, 0) is 9.59 Å². The van der Waals surface area contributed by atoms with Crippen LogP contribution in [0.3, 0.4) is 0 Å². The molecule has 2 amide bonds. The predicted octanol–water partition coefficient (Wildman–Crippen LogP) is 2.00. The van der Waals surface area contributed by atoms with E-state index in [0.29, 0.717) is 23.4 Å². The molecule has 2 rings (SSSR count). The van der Waals surface area contributed by atoms with Crippen molar-refractivity contribution in [2.75, 3.05) is 0 Å². The molecule has 5 nitrogen and oxygen atoms in total. The number of benzene rings is 1. The van der Waals surface area contributed by atoms with Crippen molar-refractivity contribution in [1.82, 2.24) is 5.32 Å². The minimum absolute atomic E-state index is 0.257. The van der Waals surface area contributed by atoms with Crippen molar-refractivity contribution in [2.24, 2.45) is 10.7 Å². The molecule has 0 aromatic heterocycles. The van der Waals surface area contributed by atoms with E-state index in [1.165, 1.54) is 0 Å². The lowest BCUT2D eigenvalue weighted by Gasteiger charge is -2.32. The number of amidine groups is 1. The molecule has 1 aromatic carbocycles. The van der Waals surface area contributed by atoms with E-state index in [0.717, 1.165) is 0 Å². The van der Waals surface area contributed by atoms with Gasteiger partial charge in [-0.05, 0) is 30.5 Å². The standard InChI is InChI=1S/C15H18ClN3O2/c1-3-15(17,4-2)14-18-12(20)11(13(21)19-14)9-5-7-10(16)8-6-9/h5-8,11H,3-4,17H2,1-2H3,(H,18,19,20,21). The maximum atomic E-state index is 12.3. The topological polar surface area (TPSA) is 84.5 Å². The third-order valence-corrected chi connectivity index (χ3v) is 4.16. The summed E-state index contributed by atoms with van der Waals surface area (Å²) in [7, 11) is 0. The normalized spacial score (nSPS) is 19.2. The van der Waals surface area contributed by atoms with Gasteiger partial charge >= 0.3 is 0 Å². The average molecular weight is 308 g/mol. The van der Waals surface area contributed by atoms with Crippen LogP contribution in [0.2, 0.25) is 5.02 Å². The van der Waals surface area contributed by atoms with Gasteiger partial charge < -0.3 is 11.1 Å². The average Bonchev–Trinajstić information content (AvgIpc) is 2.47. The van der Waals surface area contributed by atoms with Crippen LogP contribution in [0.5, 0.6) is 0 Å². The quantitative estimate of drug-likeness (QED) is 0.834. The van der Waals surface area contributed by atoms with Crippen molar-refractivity contribution in [3.63, 3.8) is 0 Å². The molecule has 1 atom stereocenters. The van der Waals surface area contributed by atoms with Crippen molar-refractivity contribution in [1.29, 1.82) is 0 Å². The Morgan fingerprint density at radius 2 is 1.81 bits per heavy atom. The zero-order chi connectivity index (χ0) is 15.6. The van der Waals surface area contributed by atoms with Gasteiger partial charge in [0.1, 0.15) is 11.8 Å². The molecule has 0 spiro atoms. The summed E-state index contributed by atoms with van der Waals surface area (Å²) in [4.78, 5) is 28.5. The van der Waals surface area contributed by atoms with E-state index in [9.17, 15) is 9.59 Å². The lowest BCUT2D eigenvalue weighted by Crippen LogP contribution is -2.58. The number of carbonyl (C=O) groups is 2. The molecule has 1 aromatic rings. The Labute approximate surface area is 128 Å². The van der Waals surface area contributed by atoms with Gasteiger partial charge in [-0.2, -0.15) is 4.99 Å². The summed E-state index contributed by atoms with van der Waals surface area (Å²) in [6.07, 6.45) is 1.17. The highest BCUT2D eigenvalue weighted by Gasteiger charge is 2.39. The molecule has 3 N–H and O–H groups in total. The molecule has 1 heterocycles. The minimum atomic E-state index is -0.941. The Bertz CT molecular complexity index is 591. The molecular weight excluding hydrogens is 290 g/mol. The number of hydrogen-bond acceptors (Lipinski definition) is 3. The van der Waals surface area contributed by atoms with Crippen LogP contribution in [0, 0.1) is 0 Å². The zero-order valence-corrected chi connectivity index (χ0v) is 12.8.